The lowest BCUT2D eigenvalue weighted by Crippen LogP contribution is -2.23. The van der Waals surface area contributed by atoms with Gasteiger partial charge in [0, 0.05) is 49.2 Å². The normalized spacial score (nSPS) is 13.6. The Morgan fingerprint density at radius 1 is 1.03 bits per heavy atom. The van der Waals surface area contributed by atoms with Gasteiger partial charge in [-0.3, -0.25) is 24.0 Å². The zero-order valence-corrected chi connectivity index (χ0v) is 22.4. The first-order chi connectivity index (χ1) is 18.7. The number of nitrogens with zero attached hydrogens (tertiary/aromatic N) is 4. The molecule has 0 radical (unpaired) electrons. The second-order valence-corrected chi connectivity index (χ2v) is 9.81. The molecule has 1 aliphatic heterocycles. The van der Waals surface area contributed by atoms with Crippen molar-refractivity contribution in [3.8, 4) is 0 Å². The number of hydrogen-bond acceptors (Lipinski definition) is 5. The molecule has 3 heterocycles. The number of aromatic nitrogens is 3. The highest BCUT2D eigenvalue weighted by Gasteiger charge is 2.40. The van der Waals surface area contributed by atoms with Gasteiger partial charge >= 0.3 is 6.18 Å². The average Bonchev–Trinajstić information content (AvgIpc) is 3.56. The number of allylic oxidation sites excluding steroid dienone is 1. The first-order valence-corrected chi connectivity index (χ1v) is 13.5. The number of Topliss-reactive ketones (excluding diaryl/α,β-unsaturated/α-hetero) is 2. The van der Waals surface area contributed by atoms with Crippen LogP contribution >= 0.6 is 0 Å². The number of halogens is 3. The van der Waals surface area contributed by atoms with Crippen LogP contribution in [-0.4, -0.2) is 44.4 Å². The van der Waals surface area contributed by atoms with Gasteiger partial charge in [-0.2, -0.15) is 13.2 Å². The fraction of sp³-hybridized carbons (Fsp3) is 0.433. The van der Waals surface area contributed by atoms with Gasteiger partial charge in [0.2, 0.25) is 0 Å². The summed E-state index contributed by atoms with van der Waals surface area (Å²) >= 11 is 0. The molecule has 39 heavy (non-hydrogen) atoms. The topological polar surface area (TPSA) is 76.7 Å². The summed E-state index contributed by atoms with van der Waals surface area (Å²) in [5, 5.41) is 0. The molecule has 0 unspecified atom stereocenters. The van der Waals surface area contributed by atoms with E-state index in [2.05, 4.69) is 15.0 Å². The Kier molecular flexibility index (Phi) is 9.09. The quantitative estimate of drug-likeness (QED) is 0.177. The number of aliphatic imine (C=N–C) groups is 1. The number of unbranched alkanes of at least 4 members (excludes halogenated alkanes) is 2. The second kappa shape index (κ2) is 12.5. The van der Waals surface area contributed by atoms with E-state index in [-0.39, 0.29) is 17.9 Å². The zero-order valence-electron chi connectivity index (χ0n) is 22.4. The predicted molar refractivity (Wildman–Crippen MR) is 145 cm³/mol. The number of hydrogen-bond donors (Lipinski definition) is 0. The van der Waals surface area contributed by atoms with Crippen molar-refractivity contribution in [2.75, 3.05) is 6.54 Å². The monoisotopic (exact) mass is 538 g/mol. The van der Waals surface area contributed by atoms with Crippen LogP contribution in [0.3, 0.4) is 0 Å². The van der Waals surface area contributed by atoms with Crippen molar-refractivity contribution < 1.29 is 22.8 Å². The molecule has 9 heteroatoms. The highest BCUT2D eigenvalue weighted by molar-refractivity contribution is 6.27. The lowest BCUT2D eigenvalue weighted by Gasteiger charge is -2.12. The Bertz CT molecular complexity index is 1420. The van der Waals surface area contributed by atoms with Crippen LogP contribution in [0, 0.1) is 0 Å². The number of aryl methyl sites for hydroxylation is 1. The van der Waals surface area contributed by atoms with Crippen molar-refractivity contribution in [1.29, 1.82) is 0 Å². The van der Waals surface area contributed by atoms with E-state index in [1.165, 1.54) is 12.3 Å². The summed E-state index contributed by atoms with van der Waals surface area (Å²) in [7, 11) is 0. The van der Waals surface area contributed by atoms with Crippen molar-refractivity contribution in [1.82, 2.24) is 14.4 Å². The van der Waals surface area contributed by atoms with Crippen LogP contribution in [0.15, 0.2) is 47.9 Å². The largest absolute Gasteiger partial charge is 0.433 e. The maximum atomic E-state index is 13.4. The molecule has 0 N–H and O–H groups in total. The van der Waals surface area contributed by atoms with Crippen molar-refractivity contribution in [3.63, 3.8) is 0 Å². The van der Waals surface area contributed by atoms with Gasteiger partial charge < -0.3 is 0 Å². The molecule has 0 spiro atoms. The van der Waals surface area contributed by atoms with Crippen LogP contribution in [-0.2, 0) is 17.6 Å². The minimum atomic E-state index is -4.54. The highest BCUT2D eigenvalue weighted by Crippen LogP contribution is 2.32. The van der Waals surface area contributed by atoms with E-state index >= 15 is 0 Å². The number of ketones is 2. The summed E-state index contributed by atoms with van der Waals surface area (Å²) in [5.74, 6) is 0.392. The van der Waals surface area contributed by atoms with Crippen LogP contribution < -0.4 is 0 Å². The van der Waals surface area contributed by atoms with Gasteiger partial charge in [0.05, 0.1) is 24.1 Å². The third-order valence-corrected chi connectivity index (χ3v) is 6.96. The van der Waals surface area contributed by atoms with Crippen LogP contribution in [0.4, 0.5) is 13.2 Å². The van der Waals surface area contributed by atoms with Crippen LogP contribution in [0.1, 0.15) is 91.7 Å². The van der Waals surface area contributed by atoms with Gasteiger partial charge in [-0.1, -0.05) is 44.5 Å². The van der Waals surface area contributed by atoms with E-state index in [0.717, 1.165) is 36.8 Å². The summed E-state index contributed by atoms with van der Waals surface area (Å²) in [6.07, 6.45) is 7.61. The number of rotatable bonds is 13. The predicted octanol–water partition coefficient (Wildman–Crippen LogP) is 6.79. The molecule has 0 bridgehead atoms. The highest BCUT2D eigenvalue weighted by atomic mass is 19.4. The van der Waals surface area contributed by atoms with Crippen LogP contribution in [0.5, 0.6) is 0 Å². The van der Waals surface area contributed by atoms with E-state index in [0.29, 0.717) is 60.5 Å². The summed E-state index contributed by atoms with van der Waals surface area (Å²) in [6.45, 7) is 3.99. The van der Waals surface area contributed by atoms with E-state index in [9.17, 15) is 22.8 Å². The Labute approximate surface area is 226 Å². The molecular formula is C30H33F3N4O2. The molecule has 0 aliphatic carbocycles. The molecule has 4 rings (SSSR count). The fourth-order valence-corrected chi connectivity index (χ4v) is 5.01. The Morgan fingerprint density at radius 3 is 2.56 bits per heavy atom. The van der Waals surface area contributed by atoms with Gasteiger partial charge in [-0.25, -0.2) is 4.98 Å². The van der Waals surface area contributed by atoms with Gasteiger partial charge in [-0.05, 0) is 36.8 Å². The maximum absolute atomic E-state index is 13.4. The lowest BCUT2D eigenvalue weighted by atomic mass is 9.94. The Hall–Kier alpha value is -3.62. The van der Waals surface area contributed by atoms with E-state index < -0.39 is 11.9 Å². The Morgan fingerprint density at radius 2 is 1.82 bits per heavy atom. The number of carbonyl (C=O) groups is 2. The number of benzene rings is 1. The number of fused-ring (bicyclic) bond motifs is 1. The minimum Gasteiger partial charge on any atom is -0.300 e. The molecule has 2 aromatic heterocycles. The first kappa shape index (κ1) is 28.4. The third-order valence-electron chi connectivity index (χ3n) is 6.96. The van der Waals surface area contributed by atoms with Gasteiger partial charge in [0.15, 0.2) is 11.4 Å². The molecule has 0 amide bonds. The lowest BCUT2D eigenvalue weighted by molar-refractivity contribution is -0.119. The smallest absolute Gasteiger partial charge is 0.300 e. The minimum absolute atomic E-state index is 0.0150. The molecule has 0 fully saturated rings. The van der Waals surface area contributed by atoms with Gasteiger partial charge in [0.25, 0.3) is 0 Å². The molecule has 0 atom stereocenters. The number of carbonyl (C=O) groups excluding carboxylic acids is 2. The molecular weight excluding hydrogens is 505 g/mol. The fourth-order valence-electron chi connectivity index (χ4n) is 5.01. The molecule has 0 saturated carbocycles. The van der Waals surface area contributed by atoms with Crippen molar-refractivity contribution in [3.05, 3.63) is 70.9 Å². The van der Waals surface area contributed by atoms with Gasteiger partial charge in [-0.15, -0.1) is 0 Å². The summed E-state index contributed by atoms with van der Waals surface area (Å²) in [4.78, 5) is 37.1. The summed E-state index contributed by atoms with van der Waals surface area (Å²) in [6, 6.07) is 5.76. The molecule has 1 aromatic carbocycles. The molecule has 0 saturated heterocycles. The Balaban J connectivity index is 1.46. The van der Waals surface area contributed by atoms with Gasteiger partial charge in [0.1, 0.15) is 11.5 Å². The standard InChI is InChI=1S/C30H33F3N4O2/c1-3-8-22(38)9-6-5-7-10-27(39)23-12-11-20(17-21(23)4-2)18-25-29-36-19-26(37(29)16-15-34-25)24-13-14-35-28(24)30(31,32)33/h11-13,15-17,19H,3-10,14,18H2,1-2H3. The van der Waals surface area contributed by atoms with Crippen molar-refractivity contribution in [2.24, 2.45) is 4.99 Å². The molecule has 206 valence electrons. The SMILES string of the molecule is CCCC(=O)CCCCCC(=O)c1ccc(Cc2nccn3c(C4=CCN=C4C(F)(F)F)cnc23)cc1CC. The zero-order chi connectivity index (χ0) is 28.0. The van der Waals surface area contributed by atoms with Crippen molar-refractivity contribution >= 4 is 28.5 Å². The third kappa shape index (κ3) is 6.69. The number of alkyl halides is 3. The average molecular weight is 539 g/mol. The van der Waals surface area contributed by atoms with Crippen LogP contribution in [0.2, 0.25) is 0 Å². The second-order valence-electron chi connectivity index (χ2n) is 9.81. The molecule has 6 nitrogen and oxygen atoms in total. The van der Waals surface area contributed by atoms with Crippen molar-refractivity contribution in [2.45, 2.75) is 77.8 Å². The van der Waals surface area contributed by atoms with E-state index in [1.807, 2.05) is 32.0 Å². The summed E-state index contributed by atoms with van der Waals surface area (Å²) in [5.41, 5.74) is 3.19. The number of imidazole rings is 1. The first-order valence-electron chi connectivity index (χ1n) is 13.5. The summed E-state index contributed by atoms with van der Waals surface area (Å²) < 4.78 is 41.9. The van der Waals surface area contributed by atoms with E-state index in [1.54, 1.807) is 16.8 Å². The van der Waals surface area contributed by atoms with E-state index in [4.69, 9.17) is 0 Å². The van der Waals surface area contributed by atoms with Crippen LogP contribution in [0.25, 0.3) is 11.2 Å². The maximum Gasteiger partial charge on any atom is 0.433 e. The molecule has 1 aliphatic rings. The molecule has 3 aromatic rings.